The van der Waals surface area contributed by atoms with Gasteiger partial charge < -0.3 is 10.4 Å². The topological polar surface area (TPSA) is 32.3 Å². The van der Waals surface area contributed by atoms with Crippen LogP contribution in [0.2, 0.25) is 0 Å². The van der Waals surface area contributed by atoms with E-state index in [-0.39, 0.29) is 6.10 Å². The number of hydrogen-bond donors (Lipinski definition) is 2. The predicted octanol–water partition coefficient (Wildman–Crippen LogP) is 1.68. The molecule has 0 aromatic carbocycles. The van der Waals surface area contributed by atoms with E-state index in [9.17, 15) is 5.11 Å². The van der Waals surface area contributed by atoms with Crippen LogP contribution in [-0.4, -0.2) is 23.3 Å². The first-order chi connectivity index (χ1) is 5.72. The lowest BCUT2D eigenvalue weighted by Crippen LogP contribution is -2.27. The molecule has 0 radical (unpaired) electrons. The van der Waals surface area contributed by atoms with Gasteiger partial charge in [0.15, 0.2) is 0 Å². The van der Waals surface area contributed by atoms with E-state index in [4.69, 9.17) is 0 Å². The monoisotopic (exact) mass is 171 g/mol. The van der Waals surface area contributed by atoms with Gasteiger partial charge in [-0.2, -0.15) is 0 Å². The summed E-state index contributed by atoms with van der Waals surface area (Å²) in [5, 5.41) is 12.9. The molecular weight excluding hydrogens is 150 g/mol. The zero-order chi connectivity index (χ0) is 8.97. The highest BCUT2D eigenvalue weighted by atomic mass is 16.3. The van der Waals surface area contributed by atoms with Gasteiger partial charge in [0.2, 0.25) is 0 Å². The van der Waals surface area contributed by atoms with Gasteiger partial charge >= 0.3 is 0 Å². The van der Waals surface area contributed by atoms with Crippen molar-refractivity contribution in [3.8, 4) is 0 Å². The molecule has 1 saturated heterocycles. The van der Waals surface area contributed by atoms with E-state index >= 15 is 0 Å². The summed E-state index contributed by atoms with van der Waals surface area (Å²) in [5.74, 6) is 0. The van der Waals surface area contributed by atoms with Gasteiger partial charge in [-0.15, -0.1) is 0 Å². The molecule has 1 unspecified atom stereocenters. The summed E-state index contributed by atoms with van der Waals surface area (Å²) in [7, 11) is 0. The lowest BCUT2D eigenvalue weighted by Gasteiger charge is -2.13. The van der Waals surface area contributed by atoms with Crippen LogP contribution in [0.3, 0.4) is 0 Å². The van der Waals surface area contributed by atoms with Crippen molar-refractivity contribution in [1.29, 1.82) is 0 Å². The fourth-order valence-electron chi connectivity index (χ4n) is 1.85. The van der Waals surface area contributed by atoms with Crippen LogP contribution in [0, 0.1) is 0 Å². The maximum atomic E-state index is 9.36. The highest BCUT2D eigenvalue weighted by Crippen LogP contribution is 2.17. The van der Waals surface area contributed by atoms with E-state index in [1.165, 1.54) is 12.8 Å². The maximum Gasteiger partial charge on any atom is 0.0538 e. The van der Waals surface area contributed by atoms with Crippen LogP contribution in [0.5, 0.6) is 0 Å². The van der Waals surface area contributed by atoms with E-state index in [1.807, 2.05) is 6.92 Å². The summed E-state index contributed by atoms with van der Waals surface area (Å²) >= 11 is 0. The first kappa shape index (κ1) is 10.0. The second kappa shape index (κ2) is 4.83. The summed E-state index contributed by atoms with van der Waals surface area (Å²) < 4.78 is 0. The molecule has 0 saturated carbocycles. The van der Waals surface area contributed by atoms with E-state index in [0.29, 0.717) is 12.1 Å². The Labute approximate surface area is 75.4 Å². The Hall–Kier alpha value is -0.0800. The number of hydrogen-bond acceptors (Lipinski definition) is 2. The molecule has 0 spiro atoms. The van der Waals surface area contributed by atoms with Gasteiger partial charge in [-0.3, -0.25) is 0 Å². The third-order valence-corrected chi connectivity index (χ3v) is 2.79. The number of rotatable bonds is 4. The van der Waals surface area contributed by atoms with Crippen LogP contribution in [0.4, 0.5) is 0 Å². The molecule has 0 aliphatic carbocycles. The van der Waals surface area contributed by atoms with Gasteiger partial charge in [0.25, 0.3) is 0 Å². The van der Waals surface area contributed by atoms with Crippen molar-refractivity contribution in [1.82, 2.24) is 5.32 Å². The minimum Gasteiger partial charge on any atom is -0.393 e. The molecule has 1 heterocycles. The molecule has 0 aromatic heterocycles. The Kier molecular flexibility index (Phi) is 4.02. The molecule has 1 aliphatic rings. The van der Waals surface area contributed by atoms with Crippen molar-refractivity contribution < 1.29 is 5.11 Å². The van der Waals surface area contributed by atoms with Gasteiger partial charge in [-0.05, 0) is 39.0 Å². The molecule has 12 heavy (non-hydrogen) atoms. The van der Waals surface area contributed by atoms with Gasteiger partial charge in [0, 0.05) is 12.1 Å². The number of aliphatic hydroxyl groups excluding tert-OH is 1. The van der Waals surface area contributed by atoms with Crippen molar-refractivity contribution in [3.63, 3.8) is 0 Å². The van der Waals surface area contributed by atoms with Crippen LogP contribution < -0.4 is 5.32 Å². The highest BCUT2D eigenvalue weighted by Gasteiger charge is 2.20. The molecule has 2 N–H and O–H groups in total. The number of nitrogens with one attached hydrogen (secondary N) is 1. The molecule has 72 valence electrons. The predicted molar refractivity (Wildman–Crippen MR) is 51.2 cm³/mol. The maximum absolute atomic E-state index is 9.36. The molecule has 0 amide bonds. The molecule has 0 bridgehead atoms. The second-order valence-corrected chi connectivity index (χ2v) is 3.98. The third kappa shape index (κ3) is 3.11. The molecule has 1 aliphatic heterocycles. The van der Waals surface area contributed by atoms with Crippen LogP contribution in [0.15, 0.2) is 0 Å². The average molecular weight is 171 g/mol. The zero-order valence-corrected chi connectivity index (χ0v) is 8.21. The summed E-state index contributed by atoms with van der Waals surface area (Å²) in [6, 6.07) is 1.36. The first-order valence-electron chi connectivity index (χ1n) is 5.16. The van der Waals surface area contributed by atoms with E-state index in [2.05, 4.69) is 12.2 Å². The van der Waals surface area contributed by atoms with E-state index in [1.54, 1.807) is 0 Å². The van der Waals surface area contributed by atoms with Gasteiger partial charge in [0.05, 0.1) is 6.10 Å². The Morgan fingerprint density at radius 1 is 1.50 bits per heavy atom. The molecule has 1 fully saturated rings. The lowest BCUT2D eigenvalue weighted by molar-refractivity contribution is 0.153. The van der Waals surface area contributed by atoms with Gasteiger partial charge in [-0.25, -0.2) is 0 Å². The molecule has 1 rings (SSSR count). The number of aliphatic hydroxyl groups is 1. The standard InChI is InChI=1S/C10H21NO/c1-3-10(12)7-6-9-5-4-8(2)11-9/h8-12H,3-7H2,1-2H3/t8-,9-,10?/m1/s1. The Morgan fingerprint density at radius 2 is 2.25 bits per heavy atom. The molecule has 2 nitrogen and oxygen atoms in total. The van der Waals surface area contributed by atoms with Gasteiger partial charge in [0.1, 0.15) is 0 Å². The Morgan fingerprint density at radius 3 is 2.75 bits per heavy atom. The fourth-order valence-corrected chi connectivity index (χ4v) is 1.85. The second-order valence-electron chi connectivity index (χ2n) is 3.98. The molecule has 2 heteroatoms. The largest absolute Gasteiger partial charge is 0.393 e. The Bertz CT molecular complexity index is 127. The van der Waals surface area contributed by atoms with Gasteiger partial charge in [-0.1, -0.05) is 6.92 Å². The minimum absolute atomic E-state index is 0.0808. The van der Waals surface area contributed by atoms with Crippen molar-refractivity contribution in [2.45, 2.75) is 64.1 Å². The smallest absolute Gasteiger partial charge is 0.0538 e. The molecule has 0 aromatic rings. The quantitative estimate of drug-likeness (QED) is 0.674. The minimum atomic E-state index is -0.0808. The van der Waals surface area contributed by atoms with Crippen molar-refractivity contribution in [2.75, 3.05) is 0 Å². The summed E-state index contributed by atoms with van der Waals surface area (Å²) in [6.07, 6.45) is 5.50. The molecular formula is C10H21NO. The van der Waals surface area contributed by atoms with Crippen molar-refractivity contribution in [3.05, 3.63) is 0 Å². The summed E-state index contributed by atoms with van der Waals surface area (Å²) in [6.45, 7) is 4.27. The van der Waals surface area contributed by atoms with Crippen LogP contribution in [0.1, 0.15) is 46.0 Å². The Balaban J connectivity index is 2.07. The average Bonchev–Trinajstić information content (AvgIpc) is 2.47. The summed E-state index contributed by atoms with van der Waals surface area (Å²) in [5.41, 5.74) is 0. The molecule has 3 atom stereocenters. The highest BCUT2D eigenvalue weighted by molar-refractivity contribution is 4.80. The van der Waals surface area contributed by atoms with Crippen LogP contribution in [-0.2, 0) is 0 Å². The van der Waals surface area contributed by atoms with E-state index in [0.717, 1.165) is 19.3 Å². The summed E-state index contributed by atoms with van der Waals surface area (Å²) in [4.78, 5) is 0. The van der Waals surface area contributed by atoms with Crippen molar-refractivity contribution in [2.24, 2.45) is 0 Å². The zero-order valence-electron chi connectivity index (χ0n) is 8.21. The third-order valence-electron chi connectivity index (χ3n) is 2.79. The first-order valence-corrected chi connectivity index (χ1v) is 5.16. The van der Waals surface area contributed by atoms with Crippen LogP contribution >= 0.6 is 0 Å². The fraction of sp³-hybridized carbons (Fsp3) is 1.00. The SMILES string of the molecule is CCC(O)CC[C@H]1CC[C@@H](C)N1. The normalized spacial score (nSPS) is 32.2. The lowest BCUT2D eigenvalue weighted by atomic mass is 10.1. The van der Waals surface area contributed by atoms with Crippen molar-refractivity contribution >= 4 is 0 Å². The van der Waals surface area contributed by atoms with Crippen LogP contribution in [0.25, 0.3) is 0 Å². The van der Waals surface area contributed by atoms with E-state index < -0.39 is 0 Å².